The van der Waals surface area contributed by atoms with Crippen LogP contribution in [-0.2, 0) is 0 Å². The molecule has 5 nitrogen and oxygen atoms in total. The second-order valence-electron chi connectivity index (χ2n) is 4.26. The van der Waals surface area contributed by atoms with Gasteiger partial charge in [0.05, 0.1) is 17.0 Å². The number of hydrogen-bond acceptors (Lipinski definition) is 6. The van der Waals surface area contributed by atoms with Gasteiger partial charge in [-0.15, -0.1) is 11.3 Å². The van der Waals surface area contributed by atoms with Gasteiger partial charge in [0.1, 0.15) is 16.4 Å². The molecule has 0 unspecified atom stereocenters. The number of hydrogen-bond donors (Lipinski definition) is 2. The van der Waals surface area contributed by atoms with Crippen LogP contribution in [0, 0.1) is 0 Å². The predicted molar refractivity (Wildman–Crippen MR) is 90.9 cm³/mol. The fourth-order valence-corrected chi connectivity index (χ4v) is 3.25. The highest BCUT2D eigenvalue weighted by molar-refractivity contribution is 9.10. The van der Waals surface area contributed by atoms with Crippen molar-refractivity contribution in [2.75, 3.05) is 24.8 Å². The summed E-state index contributed by atoms with van der Waals surface area (Å²) in [6, 6.07) is 7.82. The van der Waals surface area contributed by atoms with Gasteiger partial charge < -0.3 is 15.4 Å². The summed E-state index contributed by atoms with van der Waals surface area (Å²) in [7, 11) is 3.45. The largest absolute Gasteiger partial charge is 0.496 e. The Hall–Kier alpha value is -1.86. The Balaban J connectivity index is 2.01. The first kappa shape index (κ1) is 14.1. The van der Waals surface area contributed by atoms with Crippen LogP contribution in [0.3, 0.4) is 0 Å². The molecule has 2 heterocycles. The zero-order valence-corrected chi connectivity index (χ0v) is 13.9. The lowest BCUT2D eigenvalue weighted by Gasteiger charge is -2.10. The first-order valence-corrected chi connectivity index (χ1v) is 7.92. The molecule has 0 bridgehead atoms. The SMILES string of the molecule is CNc1nc(Nc2ccc(OC)c(Br)c2)c2ccsc2n1. The smallest absolute Gasteiger partial charge is 0.225 e. The van der Waals surface area contributed by atoms with E-state index in [1.807, 2.05) is 36.7 Å². The summed E-state index contributed by atoms with van der Waals surface area (Å²) in [6.07, 6.45) is 0. The maximum absolute atomic E-state index is 5.24. The van der Waals surface area contributed by atoms with E-state index in [1.54, 1.807) is 18.4 Å². The molecule has 7 heteroatoms. The van der Waals surface area contributed by atoms with Crippen LogP contribution in [0.25, 0.3) is 10.2 Å². The van der Waals surface area contributed by atoms with E-state index in [1.165, 1.54) is 0 Å². The molecule has 2 aromatic heterocycles. The second kappa shape index (κ2) is 5.87. The third kappa shape index (κ3) is 2.79. The van der Waals surface area contributed by atoms with Crippen molar-refractivity contribution in [3.05, 3.63) is 34.1 Å². The number of benzene rings is 1. The third-order valence-corrected chi connectivity index (χ3v) is 4.39. The molecule has 0 radical (unpaired) electrons. The molecule has 3 rings (SSSR count). The van der Waals surface area contributed by atoms with Gasteiger partial charge in [0, 0.05) is 12.7 Å². The first-order chi connectivity index (χ1) is 10.2. The molecule has 0 aliphatic heterocycles. The molecule has 108 valence electrons. The van der Waals surface area contributed by atoms with E-state index in [-0.39, 0.29) is 0 Å². The number of methoxy groups -OCH3 is 1. The number of halogens is 1. The van der Waals surface area contributed by atoms with E-state index in [4.69, 9.17) is 4.74 Å². The van der Waals surface area contributed by atoms with E-state index in [0.29, 0.717) is 5.95 Å². The summed E-state index contributed by atoms with van der Waals surface area (Å²) in [5, 5.41) is 9.32. The monoisotopic (exact) mass is 364 g/mol. The third-order valence-electron chi connectivity index (χ3n) is 2.96. The van der Waals surface area contributed by atoms with Crippen molar-refractivity contribution in [1.29, 1.82) is 0 Å². The maximum Gasteiger partial charge on any atom is 0.225 e. The molecule has 0 saturated heterocycles. The molecular formula is C14H13BrN4OS. The van der Waals surface area contributed by atoms with E-state index in [2.05, 4.69) is 36.5 Å². The van der Waals surface area contributed by atoms with E-state index in [0.717, 1.165) is 31.9 Å². The Bertz CT molecular complexity index is 790. The van der Waals surface area contributed by atoms with Gasteiger partial charge in [-0.1, -0.05) is 0 Å². The Morgan fingerprint density at radius 3 is 2.81 bits per heavy atom. The number of thiophene rings is 1. The fourth-order valence-electron chi connectivity index (χ4n) is 1.94. The lowest BCUT2D eigenvalue weighted by molar-refractivity contribution is 0.412. The minimum absolute atomic E-state index is 0.597. The number of rotatable bonds is 4. The highest BCUT2D eigenvalue weighted by Crippen LogP contribution is 2.32. The van der Waals surface area contributed by atoms with Gasteiger partial charge >= 0.3 is 0 Å². The van der Waals surface area contributed by atoms with Crippen LogP contribution < -0.4 is 15.4 Å². The van der Waals surface area contributed by atoms with Crippen LogP contribution in [0.15, 0.2) is 34.1 Å². The van der Waals surface area contributed by atoms with Gasteiger partial charge in [-0.3, -0.25) is 0 Å². The molecule has 1 aromatic carbocycles. The molecule has 21 heavy (non-hydrogen) atoms. The normalized spacial score (nSPS) is 10.6. The summed E-state index contributed by atoms with van der Waals surface area (Å²) >= 11 is 5.07. The van der Waals surface area contributed by atoms with Crippen LogP contribution in [0.2, 0.25) is 0 Å². The second-order valence-corrected chi connectivity index (χ2v) is 6.01. The van der Waals surface area contributed by atoms with Crippen molar-refractivity contribution in [3.8, 4) is 5.75 Å². The molecule has 0 amide bonds. The summed E-state index contributed by atoms with van der Waals surface area (Å²) in [5.74, 6) is 2.17. The zero-order valence-electron chi connectivity index (χ0n) is 11.5. The number of nitrogens with one attached hydrogen (secondary N) is 2. The van der Waals surface area contributed by atoms with Crippen LogP contribution in [0.5, 0.6) is 5.75 Å². The molecule has 0 fully saturated rings. The average molecular weight is 365 g/mol. The number of anilines is 3. The highest BCUT2D eigenvalue weighted by Gasteiger charge is 2.09. The van der Waals surface area contributed by atoms with Crippen molar-refractivity contribution in [2.24, 2.45) is 0 Å². The molecule has 3 aromatic rings. The van der Waals surface area contributed by atoms with Crippen LogP contribution in [0.4, 0.5) is 17.5 Å². The lowest BCUT2D eigenvalue weighted by atomic mass is 10.3. The van der Waals surface area contributed by atoms with Crippen molar-refractivity contribution in [2.45, 2.75) is 0 Å². The Kier molecular flexibility index (Phi) is 3.94. The van der Waals surface area contributed by atoms with E-state index in [9.17, 15) is 0 Å². The lowest BCUT2D eigenvalue weighted by Crippen LogP contribution is -2.01. The van der Waals surface area contributed by atoms with Gasteiger partial charge in [0.2, 0.25) is 5.95 Å². The van der Waals surface area contributed by atoms with Crippen molar-refractivity contribution >= 4 is 54.9 Å². The summed E-state index contributed by atoms with van der Waals surface area (Å²) in [4.78, 5) is 9.86. The molecule has 0 atom stereocenters. The van der Waals surface area contributed by atoms with Gasteiger partial charge in [0.25, 0.3) is 0 Å². The number of fused-ring (bicyclic) bond motifs is 1. The molecule has 0 aliphatic carbocycles. The topological polar surface area (TPSA) is 59.1 Å². The summed E-state index contributed by atoms with van der Waals surface area (Å²) in [6.45, 7) is 0. The minimum Gasteiger partial charge on any atom is -0.496 e. The van der Waals surface area contributed by atoms with Gasteiger partial charge in [0.15, 0.2) is 0 Å². The number of nitrogens with zero attached hydrogens (tertiary/aromatic N) is 2. The summed E-state index contributed by atoms with van der Waals surface area (Å²) < 4.78 is 6.12. The van der Waals surface area contributed by atoms with Gasteiger partial charge in [-0.25, -0.2) is 4.98 Å². The Labute approximate surface area is 134 Å². The number of aromatic nitrogens is 2. The van der Waals surface area contributed by atoms with E-state index < -0.39 is 0 Å². The van der Waals surface area contributed by atoms with Gasteiger partial charge in [-0.05, 0) is 45.6 Å². The van der Waals surface area contributed by atoms with Crippen molar-refractivity contribution in [3.63, 3.8) is 0 Å². The Morgan fingerprint density at radius 1 is 1.24 bits per heavy atom. The number of ether oxygens (including phenoxy) is 1. The van der Waals surface area contributed by atoms with Crippen molar-refractivity contribution in [1.82, 2.24) is 9.97 Å². The minimum atomic E-state index is 0.597. The highest BCUT2D eigenvalue weighted by atomic mass is 79.9. The average Bonchev–Trinajstić information content (AvgIpc) is 2.96. The molecule has 0 saturated carbocycles. The molecule has 0 aliphatic rings. The van der Waals surface area contributed by atoms with Crippen molar-refractivity contribution < 1.29 is 4.74 Å². The van der Waals surface area contributed by atoms with Gasteiger partial charge in [-0.2, -0.15) is 4.98 Å². The fraction of sp³-hybridized carbons (Fsp3) is 0.143. The van der Waals surface area contributed by atoms with Crippen LogP contribution >= 0.6 is 27.3 Å². The van der Waals surface area contributed by atoms with Crippen LogP contribution in [-0.4, -0.2) is 24.1 Å². The Morgan fingerprint density at radius 2 is 2.10 bits per heavy atom. The van der Waals surface area contributed by atoms with E-state index >= 15 is 0 Å². The molecule has 2 N–H and O–H groups in total. The van der Waals surface area contributed by atoms with Crippen LogP contribution in [0.1, 0.15) is 0 Å². The summed E-state index contributed by atoms with van der Waals surface area (Å²) in [5.41, 5.74) is 0.927. The molecular weight excluding hydrogens is 352 g/mol. The maximum atomic E-state index is 5.24. The quantitative estimate of drug-likeness (QED) is 0.724. The molecule has 0 spiro atoms. The first-order valence-electron chi connectivity index (χ1n) is 6.25. The predicted octanol–water partition coefficient (Wildman–Crippen LogP) is 4.25. The standard InChI is InChI=1S/C14H13BrN4OS/c1-16-14-18-12(9-5-6-21-13(9)19-14)17-8-3-4-11(20-2)10(15)7-8/h3-7H,1-2H3,(H2,16,17,18,19). The zero-order chi connectivity index (χ0) is 14.8.